The Morgan fingerprint density at radius 2 is 2.11 bits per heavy atom. The molecule has 1 unspecified atom stereocenters. The molecule has 1 aromatic carbocycles. The second-order valence-corrected chi connectivity index (χ2v) is 6.64. The highest BCUT2D eigenvalue weighted by Crippen LogP contribution is 2.18. The van der Waals surface area contributed by atoms with Crippen molar-refractivity contribution in [3.05, 3.63) is 29.8 Å². The van der Waals surface area contributed by atoms with Gasteiger partial charge in [0.2, 0.25) is 10.0 Å². The number of hydrogen-bond acceptors (Lipinski definition) is 4. The molecule has 0 bridgehead atoms. The molecular formula is C13H17N3O2S. The van der Waals surface area contributed by atoms with E-state index >= 15 is 0 Å². The van der Waals surface area contributed by atoms with Gasteiger partial charge in [-0.1, -0.05) is 12.1 Å². The molecular weight excluding hydrogens is 262 g/mol. The Balaban J connectivity index is 2.21. The maximum Gasteiger partial charge on any atom is 0.243 e. The lowest BCUT2D eigenvalue weighted by Gasteiger charge is -2.31. The zero-order valence-electron chi connectivity index (χ0n) is 10.8. The van der Waals surface area contributed by atoms with E-state index in [1.165, 1.54) is 4.31 Å². The molecule has 2 rings (SSSR count). The van der Waals surface area contributed by atoms with Crippen LogP contribution in [0, 0.1) is 11.3 Å². The second kappa shape index (κ2) is 5.70. The summed E-state index contributed by atoms with van der Waals surface area (Å²) < 4.78 is 26.4. The van der Waals surface area contributed by atoms with Crippen LogP contribution >= 0.6 is 0 Å². The molecule has 102 valence electrons. The molecule has 1 aromatic rings. The third kappa shape index (κ3) is 3.13. The molecule has 6 heteroatoms. The van der Waals surface area contributed by atoms with E-state index in [-0.39, 0.29) is 6.04 Å². The van der Waals surface area contributed by atoms with Crippen LogP contribution in [0.15, 0.2) is 29.2 Å². The Labute approximate surface area is 113 Å². The van der Waals surface area contributed by atoms with E-state index in [9.17, 15) is 8.42 Å². The maximum absolute atomic E-state index is 12.4. The first-order valence-electron chi connectivity index (χ1n) is 6.23. The summed E-state index contributed by atoms with van der Waals surface area (Å²) >= 11 is 0. The molecule has 0 spiro atoms. The first-order chi connectivity index (χ1) is 9.04. The van der Waals surface area contributed by atoms with Crippen molar-refractivity contribution in [2.75, 3.05) is 19.6 Å². The number of nitrogens with one attached hydrogen (secondary N) is 1. The molecule has 1 atom stereocenters. The van der Waals surface area contributed by atoms with Gasteiger partial charge >= 0.3 is 0 Å². The van der Waals surface area contributed by atoms with Gasteiger partial charge < -0.3 is 5.32 Å². The van der Waals surface area contributed by atoms with Crippen LogP contribution < -0.4 is 5.32 Å². The molecule has 0 amide bonds. The van der Waals surface area contributed by atoms with E-state index in [0.717, 1.165) is 5.56 Å². The number of nitriles is 1. The predicted molar refractivity (Wildman–Crippen MR) is 72.0 cm³/mol. The SMILES string of the molecule is CC1CN(S(=O)(=O)c2ccc(CC#N)cc2)CCN1. The molecule has 0 saturated carbocycles. The highest BCUT2D eigenvalue weighted by molar-refractivity contribution is 7.89. The van der Waals surface area contributed by atoms with Gasteiger partial charge in [0.1, 0.15) is 0 Å². The van der Waals surface area contributed by atoms with Gasteiger partial charge in [-0.05, 0) is 24.6 Å². The Hall–Kier alpha value is -1.42. The van der Waals surface area contributed by atoms with E-state index in [1.807, 2.05) is 13.0 Å². The van der Waals surface area contributed by atoms with E-state index < -0.39 is 10.0 Å². The summed E-state index contributed by atoms with van der Waals surface area (Å²) in [4.78, 5) is 0.295. The number of nitrogens with zero attached hydrogens (tertiary/aromatic N) is 2. The summed E-state index contributed by atoms with van der Waals surface area (Å²) in [6.07, 6.45) is 0.297. The van der Waals surface area contributed by atoms with E-state index in [4.69, 9.17) is 5.26 Å². The molecule has 0 radical (unpaired) electrons. The molecule has 1 N–H and O–H groups in total. The minimum Gasteiger partial charge on any atom is -0.312 e. The zero-order chi connectivity index (χ0) is 13.9. The van der Waals surface area contributed by atoms with Gasteiger partial charge in [0.15, 0.2) is 0 Å². The lowest BCUT2D eigenvalue weighted by atomic mass is 10.2. The quantitative estimate of drug-likeness (QED) is 0.885. The summed E-state index contributed by atoms with van der Waals surface area (Å²) in [5.74, 6) is 0. The molecule has 1 heterocycles. The van der Waals surface area contributed by atoms with Crippen molar-refractivity contribution >= 4 is 10.0 Å². The Bertz CT molecular complexity index is 575. The monoisotopic (exact) mass is 279 g/mol. The van der Waals surface area contributed by atoms with Crippen molar-refractivity contribution in [2.24, 2.45) is 0 Å². The van der Waals surface area contributed by atoms with E-state index in [0.29, 0.717) is 31.0 Å². The normalized spacial score (nSPS) is 20.9. The molecule has 1 aliphatic rings. The Morgan fingerprint density at radius 3 is 2.68 bits per heavy atom. The van der Waals surface area contributed by atoms with Crippen LogP contribution in [-0.4, -0.2) is 38.4 Å². The lowest BCUT2D eigenvalue weighted by molar-refractivity contribution is 0.310. The predicted octanol–water partition coefficient (Wildman–Crippen LogP) is 0.735. The highest BCUT2D eigenvalue weighted by Gasteiger charge is 2.28. The lowest BCUT2D eigenvalue weighted by Crippen LogP contribution is -2.51. The van der Waals surface area contributed by atoms with Crippen molar-refractivity contribution in [1.29, 1.82) is 5.26 Å². The van der Waals surface area contributed by atoms with E-state index in [2.05, 4.69) is 5.32 Å². The van der Waals surface area contributed by atoms with Crippen LogP contribution in [-0.2, 0) is 16.4 Å². The number of rotatable bonds is 3. The fraction of sp³-hybridized carbons (Fsp3) is 0.462. The van der Waals surface area contributed by atoms with Crippen LogP contribution in [0.4, 0.5) is 0 Å². The second-order valence-electron chi connectivity index (χ2n) is 4.70. The van der Waals surface area contributed by atoms with Gasteiger partial charge in [0.05, 0.1) is 17.4 Å². The van der Waals surface area contributed by atoms with Crippen LogP contribution in [0.3, 0.4) is 0 Å². The minimum absolute atomic E-state index is 0.168. The molecule has 0 aromatic heterocycles. The van der Waals surface area contributed by atoms with E-state index in [1.54, 1.807) is 24.3 Å². The van der Waals surface area contributed by atoms with Gasteiger partial charge in [-0.3, -0.25) is 0 Å². The number of hydrogen-bond donors (Lipinski definition) is 1. The van der Waals surface area contributed by atoms with Gasteiger partial charge in [0.25, 0.3) is 0 Å². The highest BCUT2D eigenvalue weighted by atomic mass is 32.2. The molecule has 1 fully saturated rings. The summed E-state index contributed by atoms with van der Waals surface area (Å²) in [6.45, 7) is 3.62. The van der Waals surface area contributed by atoms with Crippen molar-refractivity contribution in [2.45, 2.75) is 24.3 Å². The van der Waals surface area contributed by atoms with Crippen molar-refractivity contribution < 1.29 is 8.42 Å². The first kappa shape index (κ1) is 14.0. The smallest absolute Gasteiger partial charge is 0.243 e. The fourth-order valence-electron chi connectivity index (χ4n) is 2.13. The van der Waals surface area contributed by atoms with Gasteiger partial charge in [-0.15, -0.1) is 0 Å². The molecule has 1 saturated heterocycles. The Kier molecular flexibility index (Phi) is 4.20. The van der Waals surface area contributed by atoms with Crippen LogP contribution in [0.25, 0.3) is 0 Å². The van der Waals surface area contributed by atoms with Gasteiger partial charge in [-0.25, -0.2) is 8.42 Å². The molecule has 1 aliphatic heterocycles. The zero-order valence-corrected chi connectivity index (χ0v) is 11.7. The molecule has 0 aliphatic carbocycles. The van der Waals surface area contributed by atoms with Crippen LogP contribution in [0.1, 0.15) is 12.5 Å². The third-order valence-electron chi connectivity index (χ3n) is 3.18. The minimum atomic E-state index is -3.42. The molecule has 5 nitrogen and oxygen atoms in total. The average molecular weight is 279 g/mol. The topological polar surface area (TPSA) is 73.2 Å². The maximum atomic E-state index is 12.4. The standard InChI is InChI=1S/C13H17N3O2S/c1-11-10-16(9-8-15-11)19(17,18)13-4-2-12(3-5-13)6-7-14/h2-5,11,15H,6,8-10H2,1H3. The van der Waals surface area contributed by atoms with Gasteiger partial charge in [0, 0.05) is 25.7 Å². The van der Waals surface area contributed by atoms with Crippen LogP contribution in [0.2, 0.25) is 0 Å². The number of benzene rings is 1. The van der Waals surface area contributed by atoms with Crippen molar-refractivity contribution in [1.82, 2.24) is 9.62 Å². The first-order valence-corrected chi connectivity index (χ1v) is 7.67. The number of sulfonamides is 1. The largest absolute Gasteiger partial charge is 0.312 e. The fourth-order valence-corrected chi connectivity index (χ4v) is 3.66. The summed E-state index contributed by atoms with van der Waals surface area (Å²) in [6, 6.07) is 8.76. The Morgan fingerprint density at radius 1 is 1.42 bits per heavy atom. The van der Waals surface area contributed by atoms with Crippen molar-refractivity contribution in [3.63, 3.8) is 0 Å². The number of piperazine rings is 1. The van der Waals surface area contributed by atoms with Crippen molar-refractivity contribution in [3.8, 4) is 6.07 Å². The summed E-state index contributed by atoms with van der Waals surface area (Å²) in [5, 5.41) is 11.8. The van der Waals surface area contributed by atoms with Gasteiger partial charge in [-0.2, -0.15) is 9.57 Å². The molecule has 19 heavy (non-hydrogen) atoms. The summed E-state index contributed by atoms with van der Waals surface area (Å²) in [5.41, 5.74) is 0.829. The van der Waals surface area contributed by atoms with Crippen LogP contribution in [0.5, 0.6) is 0 Å². The third-order valence-corrected chi connectivity index (χ3v) is 5.06. The summed E-state index contributed by atoms with van der Waals surface area (Å²) in [7, 11) is -3.42. The average Bonchev–Trinajstić information content (AvgIpc) is 2.40.